The van der Waals surface area contributed by atoms with Crippen molar-refractivity contribution in [2.75, 3.05) is 17.8 Å². The first-order valence-corrected chi connectivity index (χ1v) is 13.6. The normalized spacial score (nSPS) is 11.5. The Balaban J connectivity index is 1.46. The van der Waals surface area contributed by atoms with E-state index in [9.17, 15) is 0 Å². The van der Waals surface area contributed by atoms with Gasteiger partial charge >= 0.3 is 0 Å². The molecule has 2 N–H and O–H groups in total. The number of nitrogens with one attached hydrogen (secondary N) is 2. The number of fused-ring (bicyclic) bond motifs is 8. The summed E-state index contributed by atoms with van der Waals surface area (Å²) in [6.45, 7) is 6.56. The molecule has 7 rings (SSSR count). The fraction of sp³-hybridized carbons (Fsp3) is 0.114. The van der Waals surface area contributed by atoms with Crippen LogP contribution in [-0.2, 0) is 0 Å². The third-order valence-corrected chi connectivity index (χ3v) is 7.76. The standard InChI is InChI=1S/C35H30N4O/c1-21-17-22(2)34(23(3)18-21)24-13-16-32-27(19-24)26-15-14-25(40-38-30-10-6-5-9-29(30)36-4)20-28(26)35-37-31-11-7-8-12-33(31)39(32)35/h5-20,36,38H,1-4H3. The van der Waals surface area contributed by atoms with Crippen molar-refractivity contribution in [2.24, 2.45) is 0 Å². The third-order valence-electron chi connectivity index (χ3n) is 7.76. The van der Waals surface area contributed by atoms with E-state index in [1.54, 1.807) is 0 Å². The summed E-state index contributed by atoms with van der Waals surface area (Å²) in [5.41, 5.74) is 15.4. The van der Waals surface area contributed by atoms with Gasteiger partial charge in [-0.15, -0.1) is 0 Å². The summed E-state index contributed by atoms with van der Waals surface area (Å²) in [5.74, 6) is 0.716. The zero-order valence-corrected chi connectivity index (χ0v) is 23.0. The minimum atomic E-state index is 0.716. The van der Waals surface area contributed by atoms with Gasteiger partial charge in [-0.1, -0.05) is 48.0 Å². The molecule has 0 aliphatic carbocycles. The Morgan fingerprint density at radius 1 is 0.675 bits per heavy atom. The summed E-state index contributed by atoms with van der Waals surface area (Å²) >= 11 is 0. The molecule has 0 atom stereocenters. The molecule has 2 heterocycles. The molecule has 0 unspecified atom stereocenters. The van der Waals surface area contributed by atoms with Crippen molar-refractivity contribution in [3.05, 3.63) is 114 Å². The Hall–Kier alpha value is -5.03. The van der Waals surface area contributed by atoms with E-state index in [0.717, 1.165) is 44.3 Å². The molecule has 0 fully saturated rings. The molecular formula is C35H30N4O. The van der Waals surface area contributed by atoms with Gasteiger partial charge in [-0.25, -0.2) is 10.5 Å². The molecule has 0 bridgehead atoms. The number of hydrogen-bond donors (Lipinski definition) is 2. The van der Waals surface area contributed by atoms with Crippen LogP contribution >= 0.6 is 0 Å². The molecule has 0 saturated carbocycles. The van der Waals surface area contributed by atoms with Gasteiger partial charge in [-0.05, 0) is 103 Å². The van der Waals surface area contributed by atoms with E-state index < -0.39 is 0 Å². The highest BCUT2D eigenvalue weighted by molar-refractivity contribution is 6.15. The van der Waals surface area contributed by atoms with E-state index in [1.807, 2.05) is 43.4 Å². The fourth-order valence-electron chi connectivity index (χ4n) is 6.10. The van der Waals surface area contributed by atoms with Crippen molar-refractivity contribution in [3.8, 4) is 16.9 Å². The van der Waals surface area contributed by atoms with Gasteiger partial charge in [0.25, 0.3) is 0 Å². The SMILES string of the molecule is CNc1ccccc1NOc1ccc2c3cc(-c4c(C)cc(C)cc4C)ccc3n3c4ccccc4nc3c2c1. The number of imidazole rings is 1. The van der Waals surface area contributed by atoms with Crippen LogP contribution in [0, 0.1) is 20.8 Å². The van der Waals surface area contributed by atoms with E-state index in [2.05, 4.69) is 96.6 Å². The van der Waals surface area contributed by atoms with Crippen molar-refractivity contribution in [1.82, 2.24) is 9.38 Å². The molecule has 0 amide bonds. The number of anilines is 2. The van der Waals surface area contributed by atoms with E-state index >= 15 is 0 Å². The summed E-state index contributed by atoms with van der Waals surface area (Å²) in [6, 6.07) is 33.9. The summed E-state index contributed by atoms with van der Waals surface area (Å²) in [5, 5.41) is 6.56. The van der Waals surface area contributed by atoms with Crippen LogP contribution in [0.4, 0.5) is 11.4 Å². The maximum Gasteiger partial charge on any atom is 0.155 e. The highest BCUT2D eigenvalue weighted by Crippen LogP contribution is 2.38. The highest BCUT2D eigenvalue weighted by Gasteiger charge is 2.16. The van der Waals surface area contributed by atoms with Gasteiger partial charge in [0.15, 0.2) is 5.75 Å². The molecule has 0 aliphatic rings. The molecular weight excluding hydrogens is 492 g/mol. The van der Waals surface area contributed by atoms with Crippen LogP contribution in [0.3, 0.4) is 0 Å². The molecule has 0 aliphatic heterocycles. The minimum absolute atomic E-state index is 0.716. The Kier molecular flexibility index (Phi) is 5.60. The van der Waals surface area contributed by atoms with Crippen molar-refractivity contribution in [2.45, 2.75) is 20.8 Å². The van der Waals surface area contributed by atoms with E-state index in [0.29, 0.717) is 5.75 Å². The van der Waals surface area contributed by atoms with Gasteiger partial charge in [-0.3, -0.25) is 4.40 Å². The first-order valence-electron chi connectivity index (χ1n) is 13.6. The number of aromatic nitrogens is 2. The monoisotopic (exact) mass is 522 g/mol. The number of hydrogen-bond acceptors (Lipinski definition) is 4. The van der Waals surface area contributed by atoms with Crippen LogP contribution in [0.15, 0.2) is 97.1 Å². The van der Waals surface area contributed by atoms with Crippen LogP contribution < -0.4 is 15.6 Å². The lowest BCUT2D eigenvalue weighted by Gasteiger charge is -2.16. The van der Waals surface area contributed by atoms with E-state index in [-0.39, 0.29) is 0 Å². The number of benzene rings is 5. The Morgan fingerprint density at radius 3 is 2.23 bits per heavy atom. The van der Waals surface area contributed by atoms with Crippen LogP contribution in [0.5, 0.6) is 5.75 Å². The quantitative estimate of drug-likeness (QED) is 0.175. The Morgan fingerprint density at radius 2 is 1.43 bits per heavy atom. The first kappa shape index (κ1) is 24.0. The van der Waals surface area contributed by atoms with Gasteiger partial charge in [0.05, 0.1) is 27.9 Å². The molecule has 2 aromatic heterocycles. The van der Waals surface area contributed by atoms with Gasteiger partial charge in [0.1, 0.15) is 5.65 Å². The number of rotatable bonds is 5. The zero-order valence-electron chi connectivity index (χ0n) is 23.0. The van der Waals surface area contributed by atoms with Crippen LogP contribution in [0.2, 0.25) is 0 Å². The Bertz CT molecular complexity index is 2070. The number of pyridine rings is 1. The van der Waals surface area contributed by atoms with E-state index in [4.69, 9.17) is 9.82 Å². The van der Waals surface area contributed by atoms with Crippen LogP contribution in [0.25, 0.3) is 49.5 Å². The van der Waals surface area contributed by atoms with Crippen molar-refractivity contribution >= 4 is 49.7 Å². The van der Waals surface area contributed by atoms with Gasteiger partial charge < -0.3 is 10.2 Å². The second-order valence-corrected chi connectivity index (χ2v) is 10.5. The topological polar surface area (TPSA) is 50.6 Å². The Labute approximate surface area is 233 Å². The average molecular weight is 523 g/mol. The minimum Gasteiger partial charge on any atom is -0.386 e. The van der Waals surface area contributed by atoms with Crippen LogP contribution in [-0.4, -0.2) is 16.4 Å². The molecule has 7 aromatic rings. The second kappa shape index (κ2) is 9.31. The van der Waals surface area contributed by atoms with Gasteiger partial charge in [0, 0.05) is 17.8 Å². The maximum absolute atomic E-state index is 6.09. The third kappa shape index (κ3) is 3.82. The molecule has 5 aromatic carbocycles. The van der Waals surface area contributed by atoms with Crippen molar-refractivity contribution in [1.29, 1.82) is 0 Å². The molecule has 0 saturated heterocycles. The fourth-order valence-corrected chi connectivity index (χ4v) is 6.10. The molecule has 5 heteroatoms. The van der Waals surface area contributed by atoms with Crippen LogP contribution in [0.1, 0.15) is 16.7 Å². The molecule has 0 radical (unpaired) electrons. The molecule has 196 valence electrons. The number of para-hydroxylation sites is 4. The van der Waals surface area contributed by atoms with Gasteiger partial charge in [-0.2, -0.15) is 0 Å². The summed E-state index contributed by atoms with van der Waals surface area (Å²) in [6.07, 6.45) is 0. The number of nitrogens with zero attached hydrogens (tertiary/aromatic N) is 2. The zero-order chi connectivity index (χ0) is 27.4. The van der Waals surface area contributed by atoms with Crippen molar-refractivity contribution in [3.63, 3.8) is 0 Å². The molecule has 5 nitrogen and oxygen atoms in total. The number of aryl methyl sites for hydroxylation is 3. The smallest absolute Gasteiger partial charge is 0.155 e. The summed E-state index contributed by atoms with van der Waals surface area (Å²) < 4.78 is 2.28. The van der Waals surface area contributed by atoms with Gasteiger partial charge in [0.2, 0.25) is 0 Å². The summed E-state index contributed by atoms with van der Waals surface area (Å²) in [7, 11) is 1.90. The summed E-state index contributed by atoms with van der Waals surface area (Å²) in [4.78, 5) is 11.2. The predicted octanol–water partition coefficient (Wildman–Crippen LogP) is 8.83. The lowest BCUT2D eigenvalue weighted by atomic mass is 9.92. The highest BCUT2D eigenvalue weighted by atomic mass is 16.6. The first-order chi connectivity index (χ1) is 19.5. The van der Waals surface area contributed by atoms with E-state index in [1.165, 1.54) is 33.2 Å². The second-order valence-electron chi connectivity index (χ2n) is 10.5. The molecule has 40 heavy (non-hydrogen) atoms. The average Bonchev–Trinajstić information content (AvgIpc) is 3.36. The van der Waals surface area contributed by atoms with Crippen molar-refractivity contribution < 1.29 is 4.84 Å². The lowest BCUT2D eigenvalue weighted by Crippen LogP contribution is -2.07. The predicted molar refractivity (Wildman–Crippen MR) is 168 cm³/mol. The largest absolute Gasteiger partial charge is 0.386 e. The lowest BCUT2D eigenvalue weighted by molar-refractivity contribution is 0.406. The maximum atomic E-state index is 6.09. The molecule has 0 spiro atoms.